The SMILES string of the molecule is CCN1C(=C2SC(=Nc3ccc(C4CCCCC4)cc3)N(CCc3ccccc3)C2=O)Sc2ccc(Cl)cc21. The van der Waals surface area contributed by atoms with Gasteiger partial charge in [-0.3, -0.25) is 9.69 Å². The molecule has 6 rings (SSSR count). The average Bonchev–Trinajstić information content (AvgIpc) is 3.49. The summed E-state index contributed by atoms with van der Waals surface area (Å²) in [6.07, 6.45) is 7.34. The van der Waals surface area contributed by atoms with E-state index in [0.29, 0.717) is 17.5 Å². The molecule has 1 saturated heterocycles. The van der Waals surface area contributed by atoms with E-state index in [-0.39, 0.29) is 5.91 Å². The number of fused-ring (bicyclic) bond motifs is 1. The van der Waals surface area contributed by atoms with Crippen molar-refractivity contribution in [2.24, 2.45) is 4.99 Å². The summed E-state index contributed by atoms with van der Waals surface area (Å²) in [4.78, 5) is 24.9. The Hall–Kier alpha value is -2.67. The van der Waals surface area contributed by atoms with Gasteiger partial charge in [0.15, 0.2) is 5.17 Å². The lowest BCUT2D eigenvalue weighted by molar-refractivity contribution is -0.122. The Morgan fingerprint density at radius 2 is 1.69 bits per heavy atom. The van der Waals surface area contributed by atoms with Crippen molar-refractivity contribution >= 4 is 57.6 Å². The lowest BCUT2D eigenvalue weighted by Crippen LogP contribution is -2.32. The molecule has 0 atom stereocenters. The summed E-state index contributed by atoms with van der Waals surface area (Å²) in [5.41, 5.74) is 4.57. The zero-order valence-corrected chi connectivity index (χ0v) is 24.5. The fourth-order valence-electron chi connectivity index (χ4n) is 5.61. The molecule has 7 heteroatoms. The van der Waals surface area contributed by atoms with Gasteiger partial charge in [-0.2, -0.15) is 0 Å². The van der Waals surface area contributed by atoms with Gasteiger partial charge >= 0.3 is 0 Å². The molecule has 0 unspecified atom stereocenters. The highest BCUT2D eigenvalue weighted by atomic mass is 35.5. The van der Waals surface area contributed by atoms with Crippen molar-refractivity contribution in [2.75, 3.05) is 18.0 Å². The van der Waals surface area contributed by atoms with Crippen LogP contribution < -0.4 is 4.90 Å². The number of amides is 1. The van der Waals surface area contributed by atoms with Crippen LogP contribution in [0.3, 0.4) is 0 Å². The third-order valence-corrected chi connectivity index (χ3v) is 10.3. The van der Waals surface area contributed by atoms with Crippen molar-refractivity contribution in [1.29, 1.82) is 0 Å². The van der Waals surface area contributed by atoms with Gasteiger partial charge in [-0.15, -0.1) is 0 Å². The minimum absolute atomic E-state index is 0.0216. The number of anilines is 1. The van der Waals surface area contributed by atoms with Crippen LogP contribution in [0.2, 0.25) is 5.02 Å². The Balaban J connectivity index is 1.32. The fraction of sp³-hybridized carbons (Fsp3) is 0.312. The molecule has 1 aliphatic carbocycles. The molecule has 4 nitrogen and oxygen atoms in total. The van der Waals surface area contributed by atoms with Gasteiger partial charge in [0.2, 0.25) is 0 Å². The van der Waals surface area contributed by atoms with Gasteiger partial charge < -0.3 is 4.90 Å². The van der Waals surface area contributed by atoms with Crippen LogP contribution in [0.5, 0.6) is 0 Å². The predicted molar refractivity (Wildman–Crippen MR) is 166 cm³/mol. The highest BCUT2D eigenvalue weighted by Crippen LogP contribution is 2.51. The molecule has 2 fully saturated rings. The Labute approximate surface area is 244 Å². The first kappa shape index (κ1) is 26.5. The Morgan fingerprint density at radius 1 is 0.923 bits per heavy atom. The third-order valence-electron chi connectivity index (χ3n) is 7.70. The Morgan fingerprint density at radius 3 is 2.44 bits per heavy atom. The maximum absolute atomic E-state index is 14.0. The van der Waals surface area contributed by atoms with Gasteiger partial charge in [-0.25, -0.2) is 4.99 Å². The number of benzene rings is 3. The molecule has 2 aliphatic heterocycles. The quantitative estimate of drug-likeness (QED) is 0.276. The van der Waals surface area contributed by atoms with E-state index < -0.39 is 0 Å². The number of carbonyl (C=O) groups excluding carboxylic acids is 1. The van der Waals surface area contributed by atoms with Crippen molar-refractivity contribution in [3.05, 3.63) is 98.9 Å². The van der Waals surface area contributed by atoms with Gasteiger partial charge in [0.05, 0.1) is 11.4 Å². The predicted octanol–water partition coefficient (Wildman–Crippen LogP) is 8.99. The van der Waals surface area contributed by atoms with Crippen LogP contribution in [0.25, 0.3) is 0 Å². The molecular formula is C32H32ClN3OS2. The summed E-state index contributed by atoms with van der Waals surface area (Å²) < 4.78 is 0. The highest BCUT2D eigenvalue weighted by Gasteiger charge is 2.39. The second-order valence-electron chi connectivity index (χ2n) is 10.2. The molecule has 3 aliphatic rings. The average molecular weight is 574 g/mol. The second kappa shape index (κ2) is 11.8. The van der Waals surface area contributed by atoms with E-state index in [9.17, 15) is 4.79 Å². The normalized spacial score (nSPS) is 20.8. The van der Waals surface area contributed by atoms with Gasteiger partial charge in [-0.05, 0) is 85.3 Å². The van der Waals surface area contributed by atoms with E-state index in [1.165, 1.54) is 55.0 Å². The number of thioether (sulfide) groups is 2. The summed E-state index contributed by atoms with van der Waals surface area (Å²) in [6, 6.07) is 25.0. The van der Waals surface area contributed by atoms with Crippen LogP contribution in [0.4, 0.5) is 11.4 Å². The minimum Gasteiger partial charge on any atom is -0.334 e. The fourth-order valence-corrected chi connectivity index (χ4v) is 8.17. The molecule has 200 valence electrons. The van der Waals surface area contributed by atoms with Gasteiger partial charge in [0.1, 0.15) is 9.93 Å². The van der Waals surface area contributed by atoms with Crippen molar-refractivity contribution < 1.29 is 4.79 Å². The van der Waals surface area contributed by atoms with Crippen molar-refractivity contribution in [2.45, 2.75) is 56.3 Å². The second-order valence-corrected chi connectivity index (χ2v) is 12.7. The number of rotatable bonds is 6. The monoisotopic (exact) mass is 573 g/mol. The molecule has 3 aromatic rings. The maximum Gasteiger partial charge on any atom is 0.269 e. The molecule has 1 saturated carbocycles. The van der Waals surface area contributed by atoms with Crippen LogP contribution in [-0.4, -0.2) is 29.1 Å². The standard InChI is InChI=1S/C32H32ClN3OS2/c1-2-35-27-21-25(33)15-18-28(27)38-31(35)29-30(37)36(20-19-22-9-5-3-6-10-22)32(39-29)34-26-16-13-24(14-17-26)23-11-7-4-8-12-23/h3,5-6,9-10,13-18,21,23H,2,4,7-8,11-12,19-20H2,1H3. The zero-order valence-electron chi connectivity index (χ0n) is 22.1. The van der Waals surface area contributed by atoms with Crippen molar-refractivity contribution in [1.82, 2.24) is 4.90 Å². The van der Waals surface area contributed by atoms with E-state index in [1.807, 2.05) is 41.3 Å². The van der Waals surface area contributed by atoms with Gasteiger partial charge in [0.25, 0.3) is 5.91 Å². The third kappa shape index (κ3) is 5.65. The summed E-state index contributed by atoms with van der Waals surface area (Å²) in [5.74, 6) is 0.685. The van der Waals surface area contributed by atoms with Crippen LogP contribution in [-0.2, 0) is 11.2 Å². The maximum atomic E-state index is 14.0. The molecule has 0 bridgehead atoms. The molecule has 1 amide bonds. The Kier molecular flexibility index (Phi) is 8.05. The van der Waals surface area contributed by atoms with E-state index in [1.54, 1.807) is 11.8 Å². The molecule has 0 radical (unpaired) electrons. The van der Waals surface area contributed by atoms with E-state index >= 15 is 0 Å². The lowest BCUT2D eigenvalue weighted by atomic mass is 9.84. The molecule has 0 spiro atoms. The van der Waals surface area contributed by atoms with Crippen LogP contribution in [0.15, 0.2) is 92.6 Å². The van der Waals surface area contributed by atoms with Crippen LogP contribution in [0.1, 0.15) is 56.1 Å². The number of nitrogens with zero attached hydrogens (tertiary/aromatic N) is 3. The molecule has 0 aromatic heterocycles. The number of hydrogen-bond donors (Lipinski definition) is 0. The molecule has 3 aromatic carbocycles. The largest absolute Gasteiger partial charge is 0.334 e. The number of hydrogen-bond acceptors (Lipinski definition) is 5. The van der Waals surface area contributed by atoms with Crippen molar-refractivity contribution in [3.8, 4) is 0 Å². The highest BCUT2D eigenvalue weighted by molar-refractivity contribution is 8.19. The zero-order chi connectivity index (χ0) is 26.8. The molecule has 0 N–H and O–H groups in total. The first-order valence-corrected chi connectivity index (χ1v) is 15.8. The summed E-state index contributed by atoms with van der Waals surface area (Å²) in [7, 11) is 0. The Bertz CT molecular complexity index is 1420. The summed E-state index contributed by atoms with van der Waals surface area (Å²) in [6.45, 7) is 3.45. The van der Waals surface area contributed by atoms with Gasteiger partial charge in [-0.1, -0.05) is 85.1 Å². The first-order chi connectivity index (χ1) is 19.1. The number of aliphatic imine (C=N–C) groups is 1. The molecule has 2 heterocycles. The summed E-state index contributed by atoms with van der Waals surface area (Å²) >= 11 is 9.46. The smallest absolute Gasteiger partial charge is 0.269 e. The molecule has 39 heavy (non-hydrogen) atoms. The van der Waals surface area contributed by atoms with E-state index in [0.717, 1.165) is 44.3 Å². The van der Waals surface area contributed by atoms with E-state index in [4.69, 9.17) is 16.6 Å². The summed E-state index contributed by atoms with van der Waals surface area (Å²) in [5, 5.41) is 2.41. The van der Waals surface area contributed by atoms with Crippen LogP contribution >= 0.6 is 35.1 Å². The first-order valence-electron chi connectivity index (χ1n) is 13.8. The lowest BCUT2D eigenvalue weighted by Gasteiger charge is -2.22. The molecular weight excluding hydrogens is 542 g/mol. The minimum atomic E-state index is 0.0216. The topological polar surface area (TPSA) is 35.9 Å². The van der Waals surface area contributed by atoms with Crippen molar-refractivity contribution in [3.63, 3.8) is 0 Å². The van der Waals surface area contributed by atoms with Crippen LogP contribution in [0, 0.1) is 0 Å². The van der Waals surface area contributed by atoms with E-state index in [2.05, 4.69) is 48.2 Å². The van der Waals surface area contributed by atoms with Gasteiger partial charge in [0, 0.05) is 23.0 Å². The number of carbonyl (C=O) groups is 1. The number of amidine groups is 1. The number of halogens is 1.